The summed E-state index contributed by atoms with van der Waals surface area (Å²) in [5.41, 5.74) is 3.14. The zero-order valence-electron chi connectivity index (χ0n) is 14.0. The summed E-state index contributed by atoms with van der Waals surface area (Å²) >= 11 is 1.27. The number of benzene rings is 1. The highest BCUT2D eigenvalue weighted by Crippen LogP contribution is 2.30. The van der Waals surface area contributed by atoms with E-state index in [4.69, 9.17) is 5.41 Å². The maximum atomic E-state index is 12.4. The van der Waals surface area contributed by atoms with Gasteiger partial charge in [0.05, 0.1) is 5.57 Å². The molecule has 0 saturated carbocycles. The van der Waals surface area contributed by atoms with E-state index < -0.39 is 5.91 Å². The standard InChI is InChI=1S/C19H15N5OS/c1-2-12-5-7-13(8-6-12)10-15-16(20)24-19(22-17(15)25)26-18(23-24)14-4-3-9-21-11-14/h3-11,20H,2H2,1H3. The minimum Gasteiger partial charge on any atom is -0.282 e. The van der Waals surface area contributed by atoms with Crippen molar-refractivity contribution in [3.63, 3.8) is 0 Å². The lowest BCUT2D eigenvalue weighted by molar-refractivity contribution is -0.114. The topological polar surface area (TPSA) is 81.8 Å². The molecule has 0 fully saturated rings. The molecule has 0 bridgehead atoms. The number of nitrogens with zero attached hydrogens (tertiary/aromatic N) is 4. The Hall–Kier alpha value is -3.06. The van der Waals surface area contributed by atoms with E-state index in [9.17, 15) is 4.79 Å². The van der Waals surface area contributed by atoms with Crippen molar-refractivity contribution in [3.8, 4) is 0 Å². The number of amidine groups is 2. The normalized spacial score (nSPS) is 18.0. The van der Waals surface area contributed by atoms with Gasteiger partial charge in [0.2, 0.25) is 5.17 Å². The second kappa shape index (κ2) is 6.68. The van der Waals surface area contributed by atoms with Crippen LogP contribution in [0.1, 0.15) is 23.6 Å². The lowest BCUT2D eigenvalue weighted by Gasteiger charge is -2.20. The van der Waals surface area contributed by atoms with Crippen molar-refractivity contribution >= 4 is 39.8 Å². The largest absolute Gasteiger partial charge is 0.283 e. The van der Waals surface area contributed by atoms with Gasteiger partial charge in [-0.25, -0.2) is 0 Å². The minimum atomic E-state index is -0.420. The Labute approximate surface area is 154 Å². The number of aryl methyl sites for hydroxylation is 1. The van der Waals surface area contributed by atoms with Crippen molar-refractivity contribution in [2.45, 2.75) is 13.3 Å². The number of thioether (sulfide) groups is 1. The first-order chi connectivity index (χ1) is 12.7. The van der Waals surface area contributed by atoms with Crippen molar-refractivity contribution in [3.05, 3.63) is 71.1 Å². The zero-order chi connectivity index (χ0) is 18.1. The third kappa shape index (κ3) is 2.97. The average molecular weight is 361 g/mol. The van der Waals surface area contributed by atoms with Gasteiger partial charge < -0.3 is 0 Å². The smallest absolute Gasteiger partial charge is 0.282 e. The minimum absolute atomic E-state index is 0.0333. The van der Waals surface area contributed by atoms with Crippen molar-refractivity contribution in [1.82, 2.24) is 9.99 Å². The van der Waals surface area contributed by atoms with E-state index in [0.29, 0.717) is 10.2 Å². The lowest BCUT2D eigenvalue weighted by Crippen LogP contribution is -2.35. The summed E-state index contributed by atoms with van der Waals surface area (Å²) in [5, 5.41) is 15.3. The Morgan fingerprint density at radius 2 is 2.04 bits per heavy atom. The fourth-order valence-electron chi connectivity index (χ4n) is 2.61. The van der Waals surface area contributed by atoms with E-state index in [0.717, 1.165) is 17.5 Å². The number of nitrogens with one attached hydrogen (secondary N) is 1. The van der Waals surface area contributed by atoms with Crippen LogP contribution in [0.2, 0.25) is 0 Å². The Morgan fingerprint density at radius 1 is 1.23 bits per heavy atom. The van der Waals surface area contributed by atoms with Crippen LogP contribution >= 0.6 is 11.8 Å². The van der Waals surface area contributed by atoms with Crippen LogP contribution in [0.4, 0.5) is 0 Å². The van der Waals surface area contributed by atoms with Crippen LogP contribution in [0, 0.1) is 5.41 Å². The molecule has 2 aliphatic rings. The predicted molar refractivity (Wildman–Crippen MR) is 104 cm³/mol. The molecule has 0 radical (unpaired) electrons. The fourth-order valence-corrected chi connectivity index (χ4v) is 3.50. The van der Waals surface area contributed by atoms with Crippen LogP contribution in [-0.4, -0.2) is 31.9 Å². The number of carbonyl (C=O) groups is 1. The zero-order valence-corrected chi connectivity index (χ0v) is 14.8. The summed E-state index contributed by atoms with van der Waals surface area (Å²) in [4.78, 5) is 20.6. The molecule has 0 saturated heterocycles. The van der Waals surface area contributed by atoms with Gasteiger partial charge in [-0.2, -0.15) is 15.1 Å². The molecule has 3 heterocycles. The molecule has 0 spiro atoms. The van der Waals surface area contributed by atoms with Crippen LogP contribution < -0.4 is 0 Å². The number of amides is 1. The highest BCUT2D eigenvalue weighted by molar-refractivity contribution is 8.27. The molecule has 0 atom stereocenters. The summed E-state index contributed by atoms with van der Waals surface area (Å²) in [7, 11) is 0. The number of carbonyl (C=O) groups excluding carboxylic acids is 1. The van der Waals surface area contributed by atoms with Gasteiger partial charge >= 0.3 is 0 Å². The quantitative estimate of drug-likeness (QED) is 0.851. The number of hydrogen-bond donors (Lipinski definition) is 1. The summed E-state index contributed by atoms with van der Waals surface area (Å²) in [6.07, 6.45) is 6.02. The van der Waals surface area contributed by atoms with E-state index in [1.165, 1.54) is 22.3 Å². The van der Waals surface area contributed by atoms with Gasteiger partial charge in [-0.1, -0.05) is 31.2 Å². The van der Waals surface area contributed by atoms with E-state index in [-0.39, 0.29) is 11.4 Å². The van der Waals surface area contributed by atoms with E-state index in [1.54, 1.807) is 18.5 Å². The third-order valence-corrected chi connectivity index (χ3v) is 5.02. The monoisotopic (exact) mass is 361 g/mol. The van der Waals surface area contributed by atoms with Gasteiger partial charge in [-0.15, -0.1) is 0 Å². The summed E-state index contributed by atoms with van der Waals surface area (Å²) in [6.45, 7) is 2.09. The number of hydrogen-bond acceptors (Lipinski definition) is 5. The molecule has 0 unspecified atom stereocenters. The fraction of sp³-hybridized carbons (Fsp3) is 0.105. The first-order valence-electron chi connectivity index (χ1n) is 8.15. The van der Waals surface area contributed by atoms with Crippen LogP contribution in [-0.2, 0) is 11.2 Å². The van der Waals surface area contributed by atoms with Crippen LogP contribution in [0.15, 0.2) is 64.5 Å². The van der Waals surface area contributed by atoms with Crippen LogP contribution in [0.25, 0.3) is 6.08 Å². The maximum Gasteiger partial charge on any atom is 0.283 e. The summed E-state index contributed by atoms with van der Waals surface area (Å²) < 4.78 is 0. The number of rotatable bonds is 3. The summed E-state index contributed by atoms with van der Waals surface area (Å²) in [6, 6.07) is 11.6. The van der Waals surface area contributed by atoms with Gasteiger partial charge in [0.1, 0.15) is 5.04 Å². The molecule has 4 rings (SSSR count). The molecule has 7 heteroatoms. The molecule has 26 heavy (non-hydrogen) atoms. The van der Waals surface area contributed by atoms with Crippen molar-refractivity contribution < 1.29 is 4.79 Å². The number of fused-ring (bicyclic) bond motifs is 1. The molecule has 6 nitrogen and oxygen atoms in total. The van der Waals surface area contributed by atoms with Crippen molar-refractivity contribution in [2.75, 3.05) is 0 Å². The number of hydrazone groups is 1. The number of pyridine rings is 1. The van der Waals surface area contributed by atoms with Gasteiger partial charge in [-0.05, 0) is 47.5 Å². The SMILES string of the molecule is CCc1ccc(C=C2C(=N)N3N=C(c4cccnc4)SC3=NC2=O)cc1. The first-order valence-corrected chi connectivity index (χ1v) is 8.97. The highest BCUT2D eigenvalue weighted by Gasteiger charge is 2.36. The Kier molecular flexibility index (Phi) is 4.22. The Bertz CT molecular complexity index is 977. The van der Waals surface area contributed by atoms with E-state index in [1.807, 2.05) is 36.4 Å². The number of aliphatic imine (C=N–C) groups is 1. The van der Waals surface area contributed by atoms with Gasteiger partial charge in [0.15, 0.2) is 5.84 Å². The molecular weight excluding hydrogens is 346 g/mol. The molecule has 128 valence electrons. The predicted octanol–water partition coefficient (Wildman–Crippen LogP) is 3.31. The molecular formula is C19H15N5OS. The van der Waals surface area contributed by atoms with Gasteiger partial charge in [-0.3, -0.25) is 15.2 Å². The van der Waals surface area contributed by atoms with Crippen molar-refractivity contribution in [1.29, 1.82) is 5.41 Å². The summed E-state index contributed by atoms with van der Waals surface area (Å²) in [5.74, 6) is -0.387. The Balaban J connectivity index is 1.66. The van der Waals surface area contributed by atoms with Crippen molar-refractivity contribution in [2.24, 2.45) is 10.1 Å². The second-order valence-electron chi connectivity index (χ2n) is 5.76. The molecule has 1 amide bonds. The first kappa shape index (κ1) is 16.4. The van der Waals surface area contributed by atoms with Crippen LogP contribution in [0.3, 0.4) is 0 Å². The number of aromatic nitrogens is 1. The maximum absolute atomic E-state index is 12.4. The molecule has 2 aromatic rings. The van der Waals surface area contributed by atoms with Crippen LogP contribution in [0.5, 0.6) is 0 Å². The Morgan fingerprint density at radius 3 is 2.73 bits per heavy atom. The third-order valence-electron chi connectivity index (χ3n) is 4.06. The van der Waals surface area contributed by atoms with E-state index >= 15 is 0 Å². The van der Waals surface area contributed by atoms with E-state index in [2.05, 4.69) is 22.0 Å². The molecule has 1 aromatic carbocycles. The molecule has 2 aliphatic heterocycles. The lowest BCUT2D eigenvalue weighted by atomic mass is 10.1. The van der Waals surface area contributed by atoms with Gasteiger partial charge in [0.25, 0.3) is 5.91 Å². The van der Waals surface area contributed by atoms with Gasteiger partial charge in [0, 0.05) is 18.0 Å². The highest BCUT2D eigenvalue weighted by atomic mass is 32.2. The average Bonchev–Trinajstić information content (AvgIpc) is 3.10. The molecule has 1 aromatic heterocycles. The molecule has 1 N–H and O–H groups in total. The second-order valence-corrected chi connectivity index (χ2v) is 6.72. The molecule has 0 aliphatic carbocycles.